The van der Waals surface area contributed by atoms with E-state index >= 15 is 0 Å². The average Bonchev–Trinajstić information content (AvgIpc) is 1.87. The van der Waals surface area contributed by atoms with E-state index in [-0.39, 0.29) is 5.41 Å². The molecule has 0 aromatic heterocycles. The zero-order chi connectivity index (χ0) is 8.91. The second-order valence-electron chi connectivity index (χ2n) is 3.79. The van der Waals surface area contributed by atoms with Crippen LogP contribution in [0.15, 0.2) is 0 Å². The highest BCUT2D eigenvalue weighted by Gasteiger charge is 2.22. The van der Waals surface area contributed by atoms with E-state index in [1.165, 1.54) is 12.8 Å². The lowest BCUT2D eigenvalue weighted by Gasteiger charge is -2.26. The maximum Gasteiger partial charge on any atom is 0.130 e. The summed E-state index contributed by atoms with van der Waals surface area (Å²) in [6.07, 6.45) is 4.21. The molecule has 11 heavy (non-hydrogen) atoms. The van der Waals surface area contributed by atoms with E-state index in [0.717, 1.165) is 12.8 Å². The normalized spacial score (nSPS) is 16.0. The summed E-state index contributed by atoms with van der Waals surface area (Å²) in [5.74, 6) is 0.322. The van der Waals surface area contributed by atoms with Gasteiger partial charge in [-0.05, 0) is 18.8 Å². The summed E-state index contributed by atoms with van der Waals surface area (Å²) >= 11 is 0. The van der Waals surface area contributed by atoms with Crippen LogP contribution < -0.4 is 0 Å². The first-order valence-electron chi connectivity index (χ1n) is 4.53. The molecule has 66 valence electrons. The number of Topliss-reactive ketones (excluding diaryl/α,β-unsaturated/α-hetero) is 1. The third-order valence-corrected chi connectivity index (χ3v) is 2.38. The SMILES string of the molecule is CCCC(C)(CC)CC(C)=O. The van der Waals surface area contributed by atoms with Gasteiger partial charge in [0.2, 0.25) is 0 Å². The zero-order valence-corrected chi connectivity index (χ0v) is 8.24. The fourth-order valence-electron chi connectivity index (χ4n) is 1.59. The van der Waals surface area contributed by atoms with Crippen molar-refractivity contribution in [3.8, 4) is 0 Å². The molecule has 0 aromatic rings. The number of ketones is 1. The predicted octanol–water partition coefficient (Wildman–Crippen LogP) is 3.18. The lowest BCUT2D eigenvalue weighted by molar-refractivity contribution is -0.119. The van der Waals surface area contributed by atoms with Crippen LogP contribution in [0.4, 0.5) is 0 Å². The molecule has 0 rings (SSSR count). The molecule has 0 aliphatic heterocycles. The van der Waals surface area contributed by atoms with Crippen LogP contribution in [0.25, 0.3) is 0 Å². The molecule has 0 radical (unpaired) electrons. The molecule has 1 nitrogen and oxygen atoms in total. The van der Waals surface area contributed by atoms with E-state index in [0.29, 0.717) is 5.78 Å². The van der Waals surface area contributed by atoms with E-state index in [2.05, 4.69) is 20.8 Å². The lowest BCUT2D eigenvalue weighted by Crippen LogP contribution is -2.18. The zero-order valence-electron chi connectivity index (χ0n) is 8.24. The van der Waals surface area contributed by atoms with Crippen molar-refractivity contribution in [3.05, 3.63) is 0 Å². The molecule has 0 saturated heterocycles. The van der Waals surface area contributed by atoms with Crippen LogP contribution in [0.1, 0.15) is 53.4 Å². The second kappa shape index (κ2) is 4.53. The van der Waals surface area contributed by atoms with Gasteiger partial charge in [-0.1, -0.05) is 33.6 Å². The van der Waals surface area contributed by atoms with Crippen molar-refractivity contribution in [1.29, 1.82) is 0 Å². The van der Waals surface area contributed by atoms with Crippen molar-refractivity contribution in [1.82, 2.24) is 0 Å². The van der Waals surface area contributed by atoms with Gasteiger partial charge in [0.15, 0.2) is 0 Å². The van der Waals surface area contributed by atoms with Crippen LogP contribution in [-0.4, -0.2) is 5.78 Å². The molecule has 0 saturated carbocycles. The smallest absolute Gasteiger partial charge is 0.130 e. The molecule has 0 heterocycles. The van der Waals surface area contributed by atoms with E-state index < -0.39 is 0 Å². The summed E-state index contributed by atoms with van der Waals surface area (Å²) in [6, 6.07) is 0. The molecule has 0 aromatic carbocycles. The molecule has 0 spiro atoms. The number of carbonyl (C=O) groups is 1. The molecule has 0 bridgehead atoms. The molecular formula is C10H20O. The first-order valence-corrected chi connectivity index (χ1v) is 4.53. The van der Waals surface area contributed by atoms with Gasteiger partial charge in [-0.3, -0.25) is 0 Å². The number of rotatable bonds is 5. The molecule has 0 aliphatic carbocycles. The Kier molecular flexibility index (Phi) is 4.39. The molecule has 0 N–H and O–H groups in total. The Balaban J connectivity index is 3.98. The van der Waals surface area contributed by atoms with Gasteiger partial charge >= 0.3 is 0 Å². The summed E-state index contributed by atoms with van der Waals surface area (Å²) in [5, 5.41) is 0. The van der Waals surface area contributed by atoms with E-state index in [1.54, 1.807) is 6.92 Å². The van der Waals surface area contributed by atoms with Crippen LogP contribution in [-0.2, 0) is 4.79 Å². The van der Waals surface area contributed by atoms with Crippen molar-refractivity contribution in [2.45, 2.75) is 53.4 Å². The summed E-state index contributed by atoms with van der Waals surface area (Å²) in [6.45, 7) is 8.23. The standard InChI is InChI=1S/C10H20O/c1-5-7-10(4,6-2)8-9(3)11/h5-8H2,1-4H3. The van der Waals surface area contributed by atoms with Crippen molar-refractivity contribution in [2.24, 2.45) is 5.41 Å². The quantitative estimate of drug-likeness (QED) is 0.597. The fraction of sp³-hybridized carbons (Fsp3) is 0.900. The number of hydrogen-bond acceptors (Lipinski definition) is 1. The molecule has 0 aliphatic rings. The summed E-state index contributed by atoms with van der Waals surface area (Å²) in [5.41, 5.74) is 0.264. The fourth-order valence-corrected chi connectivity index (χ4v) is 1.59. The maximum atomic E-state index is 10.9. The summed E-state index contributed by atoms with van der Waals surface area (Å²) in [4.78, 5) is 10.9. The summed E-state index contributed by atoms with van der Waals surface area (Å²) < 4.78 is 0. The van der Waals surface area contributed by atoms with Gasteiger partial charge in [0, 0.05) is 6.42 Å². The lowest BCUT2D eigenvalue weighted by atomic mass is 9.79. The first-order chi connectivity index (χ1) is 5.04. The Morgan fingerprint density at radius 2 is 1.91 bits per heavy atom. The monoisotopic (exact) mass is 156 g/mol. The largest absolute Gasteiger partial charge is 0.300 e. The minimum atomic E-state index is 0.264. The average molecular weight is 156 g/mol. The Hall–Kier alpha value is -0.330. The molecule has 1 heteroatoms. The van der Waals surface area contributed by atoms with Crippen molar-refractivity contribution < 1.29 is 4.79 Å². The topological polar surface area (TPSA) is 17.1 Å². The van der Waals surface area contributed by atoms with Crippen LogP contribution >= 0.6 is 0 Å². The van der Waals surface area contributed by atoms with Gasteiger partial charge in [-0.2, -0.15) is 0 Å². The Morgan fingerprint density at radius 3 is 2.18 bits per heavy atom. The van der Waals surface area contributed by atoms with Crippen molar-refractivity contribution in [2.75, 3.05) is 0 Å². The van der Waals surface area contributed by atoms with Gasteiger partial charge in [-0.25, -0.2) is 0 Å². The molecule has 1 unspecified atom stereocenters. The third kappa shape index (κ3) is 4.18. The van der Waals surface area contributed by atoms with E-state index in [9.17, 15) is 4.79 Å². The highest BCUT2D eigenvalue weighted by Crippen LogP contribution is 2.31. The Labute approximate surface area is 70.2 Å². The van der Waals surface area contributed by atoms with Crippen LogP contribution in [0, 0.1) is 5.41 Å². The van der Waals surface area contributed by atoms with E-state index in [1.807, 2.05) is 0 Å². The minimum absolute atomic E-state index is 0.264. The van der Waals surface area contributed by atoms with Crippen LogP contribution in [0.5, 0.6) is 0 Å². The summed E-state index contributed by atoms with van der Waals surface area (Å²) in [7, 11) is 0. The second-order valence-corrected chi connectivity index (χ2v) is 3.79. The third-order valence-electron chi connectivity index (χ3n) is 2.38. The number of hydrogen-bond donors (Lipinski definition) is 0. The minimum Gasteiger partial charge on any atom is -0.300 e. The highest BCUT2D eigenvalue weighted by atomic mass is 16.1. The van der Waals surface area contributed by atoms with Crippen LogP contribution in [0.3, 0.4) is 0 Å². The highest BCUT2D eigenvalue weighted by molar-refractivity contribution is 5.76. The molecule has 0 amide bonds. The van der Waals surface area contributed by atoms with Gasteiger partial charge in [0.25, 0.3) is 0 Å². The molecule has 0 fully saturated rings. The van der Waals surface area contributed by atoms with Crippen LogP contribution in [0.2, 0.25) is 0 Å². The van der Waals surface area contributed by atoms with Gasteiger partial charge in [-0.15, -0.1) is 0 Å². The van der Waals surface area contributed by atoms with Gasteiger partial charge < -0.3 is 4.79 Å². The van der Waals surface area contributed by atoms with E-state index in [4.69, 9.17) is 0 Å². The number of carbonyl (C=O) groups excluding carboxylic acids is 1. The molecule has 1 atom stereocenters. The predicted molar refractivity (Wildman–Crippen MR) is 48.6 cm³/mol. The Morgan fingerprint density at radius 1 is 1.36 bits per heavy atom. The van der Waals surface area contributed by atoms with Gasteiger partial charge in [0.1, 0.15) is 5.78 Å². The van der Waals surface area contributed by atoms with Gasteiger partial charge in [0.05, 0.1) is 0 Å². The van der Waals surface area contributed by atoms with Crippen molar-refractivity contribution >= 4 is 5.78 Å². The maximum absolute atomic E-state index is 10.9. The van der Waals surface area contributed by atoms with Crippen molar-refractivity contribution in [3.63, 3.8) is 0 Å². The first kappa shape index (κ1) is 10.7. The molecular weight excluding hydrogens is 136 g/mol. The Bertz CT molecular complexity index is 129.